The highest BCUT2D eigenvalue weighted by Gasteiger charge is 2.17. The second-order valence-electron chi connectivity index (χ2n) is 6.22. The Hall–Kier alpha value is -3.41. The van der Waals surface area contributed by atoms with Crippen molar-refractivity contribution in [1.82, 2.24) is 19.6 Å². The molecule has 3 heterocycles. The number of methoxy groups -OCH3 is 1. The zero-order valence-corrected chi connectivity index (χ0v) is 15.3. The average Bonchev–Trinajstić information content (AvgIpc) is 3.21. The van der Waals surface area contributed by atoms with Crippen LogP contribution in [0, 0.1) is 0 Å². The number of aromatic nitrogens is 4. The highest BCUT2D eigenvalue weighted by molar-refractivity contribution is 5.52. The molecule has 0 spiro atoms. The summed E-state index contributed by atoms with van der Waals surface area (Å²) in [5.74, 6) is 1.73. The summed E-state index contributed by atoms with van der Waals surface area (Å²) in [7, 11) is 1.67. The van der Waals surface area contributed by atoms with Gasteiger partial charge in [-0.15, -0.1) is 0 Å². The Bertz CT molecular complexity index is 1030. The second kappa shape index (κ2) is 7.45. The van der Waals surface area contributed by atoms with E-state index in [9.17, 15) is 0 Å². The molecule has 136 valence electrons. The lowest BCUT2D eigenvalue weighted by atomic mass is 9.99. The number of fused-ring (bicyclic) bond motifs is 1. The molecule has 1 atom stereocenters. The highest BCUT2D eigenvalue weighted by Crippen LogP contribution is 2.28. The Balaban J connectivity index is 1.79. The molecule has 1 unspecified atom stereocenters. The lowest BCUT2D eigenvalue weighted by Gasteiger charge is -2.22. The van der Waals surface area contributed by atoms with E-state index < -0.39 is 0 Å². The van der Waals surface area contributed by atoms with Crippen molar-refractivity contribution in [2.24, 2.45) is 0 Å². The number of nitrogens with zero attached hydrogens (tertiary/aromatic N) is 4. The molecule has 3 aromatic heterocycles. The van der Waals surface area contributed by atoms with Crippen molar-refractivity contribution in [3.05, 3.63) is 83.9 Å². The van der Waals surface area contributed by atoms with E-state index in [-0.39, 0.29) is 6.04 Å². The fourth-order valence-corrected chi connectivity index (χ4v) is 3.11. The van der Waals surface area contributed by atoms with E-state index in [1.54, 1.807) is 25.7 Å². The third-order valence-corrected chi connectivity index (χ3v) is 4.56. The Kier molecular flexibility index (Phi) is 4.70. The lowest BCUT2D eigenvalue weighted by molar-refractivity contribution is 0.414. The van der Waals surface area contributed by atoms with Gasteiger partial charge in [-0.2, -0.15) is 9.61 Å². The van der Waals surface area contributed by atoms with Gasteiger partial charge in [0.05, 0.1) is 19.3 Å². The molecule has 27 heavy (non-hydrogen) atoms. The molecule has 0 bridgehead atoms. The summed E-state index contributed by atoms with van der Waals surface area (Å²) < 4.78 is 7.13. The van der Waals surface area contributed by atoms with Crippen molar-refractivity contribution in [2.45, 2.75) is 19.4 Å². The molecule has 0 saturated carbocycles. The molecule has 1 N–H and O–H groups in total. The topological polar surface area (TPSA) is 64.3 Å². The number of hydrogen-bond donors (Lipinski definition) is 1. The van der Waals surface area contributed by atoms with Gasteiger partial charge >= 0.3 is 0 Å². The Morgan fingerprint density at radius 3 is 2.44 bits per heavy atom. The van der Waals surface area contributed by atoms with E-state index in [1.807, 2.05) is 34.8 Å². The van der Waals surface area contributed by atoms with Gasteiger partial charge in [0.1, 0.15) is 11.6 Å². The molecule has 4 rings (SSSR count). The van der Waals surface area contributed by atoms with Crippen LogP contribution >= 0.6 is 0 Å². The number of anilines is 1. The highest BCUT2D eigenvalue weighted by atomic mass is 16.5. The quantitative estimate of drug-likeness (QED) is 0.566. The molecule has 0 fully saturated rings. The molecule has 0 radical (unpaired) electrons. The first-order chi connectivity index (χ1) is 13.3. The number of benzene rings is 1. The van der Waals surface area contributed by atoms with E-state index >= 15 is 0 Å². The smallest absolute Gasteiger partial charge is 0.157 e. The number of nitrogens with one attached hydrogen (secondary N) is 1. The van der Waals surface area contributed by atoms with E-state index in [0.29, 0.717) is 0 Å². The fraction of sp³-hybridized carbons (Fsp3) is 0.190. The van der Waals surface area contributed by atoms with E-state index in [0.717, 1.165) is 40.5 Å². The summed E-state index contributed by atoms with van der Waals surface area (Å²) in [6.07, 6.45) is 6.24. The molecule has 6 nitrogen and oxygen atoms in total. The fourth-order valence-electron chi connectivity index (χ4n) is 3.11. The summed E-state index contributed by atoms with van der Waals surface area (Å²) in [5.41, 5.74) is 4.09. The number of pyridine rings is 1. The van der Waals surface area contributed by atoms with E-state index in [1.165, 1.54) is 0 Å². The van der Waals surface area contributed by atoms with Crippen LogP contribution in [0.3, 0.4) is 0 Å². The Labute approximate surface area is 157 Å². The van der Waals surface area contributed by atoms with E-state index in [2.05, 4.69) is 45.5 Å². The lowest BCUT2D eigenvalue weighted by Crippen LogP contribution is -2.16. The molecule has 0 aliphatic carbocycles. The maximum absolute atomic E-state index is 5.30. The third kappa shape index (κ3) is 3.46. The molecule has 6 heteroatoms. The van der Waals surface area contributed by atoms with Gasteiger partial charge in [0.15, 0.2) is 5.65 Å². The minimum Gasteiger partial charge on any atom is -0.497 e. The predicted octanol–water partition coefficient (Wildman–Crippen LogP) is 3.90. The SMILES string of the molecule is CCc1cc(NC(c2ccncc2)c2ccc(OC)cc2)n2nccc2n1. The van der Waals surface area contributed by atoms with Gasteiger partial charge in [-0.1, -0.05) is 19.1 Å². The summed E-state index contributed by atoms with van der Waals surface area (Å²) in [6, 6.07) is 16.0. The summed E-state index contributed by atoms with van der Waals surface area (Å²) in [4.78, 5) is 8.77. The van der Waals surface area contributed by atoms with Gasteiger partial charge in [0.25, 0.3) is 0 Å². The van der Waals surface area contributed by atoms with Crippen molar-refractivity contribution in [3.63, 3.8) is 0 Å². The minimum absolute atomic E-state index is 0.0570. The molecular formula is C21H21N5O. The van der Waals surface area contributed by atoms with Gasteiger partial charge in [-0.25, -0.2) is 4.98 Å². The maximum Gasteiger partial charge on any atom is 0.157 e. The number of ether oxygens (including phenoxy) is 1. The van der Waals surface area contributed by atoms with E-state index in [4.69, 9.17) is 4.74 Å². The minimum atomic E-state index is -0.0570. The molecule has 0 saturated heterocycles. The van der Waals surface area contributed by atoms with Gasteiger partial charge in [0.2, 0.25) is 0 Å². The van der Waals surface area contributed by atoms with Crippen molar-refractivity contribution in [1.29, 1.82) is 0 Å². The first-order valence-corrected chi connectivity index (χ1v) is 8.92. The third-order valence-electron chi connectivity index (χ3n) is 4.56. The summed E-state index contributed by atoms with van der Waals surface area (Å²) in [5, 5.41) is 8.07. The van der Waals surface area contributed by atoms with Gasteiger partial charge < -0.3 is 10.1 Å². The van der Waals surface area contributed by atoms with Crippen LogP contribution in [0.2, 0.25) is 0 Å². The Morgan fingerprint density at radius 2 is 1.74 bits per heavy atom. The number of hydrogen-bond acceptors (Lipinski definition) is 5. The van der Waals surface area contributed by atoms with Crippen LogP contribution in [0.15, 0.2) is 67.1 Å². The zero-order valence-electron chi connectivity index (χ0n) is 15.3. The second-order valence-corrected chi connectivity index (χ2v) is 6.22. The standard InChI is InChI=1S/C21H21N5O/c1-3-17-14-20(26-19(24-17)10-13-23-26)25-21(16-8-11-22-12-9-16)15-4-6-18(27-2)7-5-15/h4-14,21,25H,3H2,1-2H3. The maximum atomic E-state index is 5.30. The van der Waals surface area contributed by atoms with Crippen LogP contribution in [0.5, 0.6) is 5.75 Å². The van der Waals surface area contributed by atoms with Crippen molar-refractivity contribution < 1.29 is 4.74 Å². The van der Waals surface area contributed by atoms with Crippen LogP contribution < -0.4 is 10.1 Å². The van der Waals surface area contributed by atoms with Crippen LogP contribution in [0.4, 0.5) is 5.82 Å². The first kappa shape index (κ1) is 17.0. The zero-order chi connectivity index (χ0) is 18.6. The first-order valence-electron chi connectivity index (χ1n) is 8.92. The molecule has 4 aromatic rings. The van der Waals surface area contributed by atoms with Crippen LogP contribution in [0.25, 0.3) is 5.65 Å². The monoisotopic (exact) mass is 359 g/mol. The van der Waals surface area contributed by atoms with Gasteiger partial charge in [-0.3, -0.25) is 4.98 Å². The molecule has 0 aliphatic rings. The van der Waals surface area contributed by atoms with Crippen molar-refractivity contribution in [3.8, 4) is 5.75 Å². The summed E-state index contributed by atoms with van der Waals surface area (Å²) in [6.45, 7) is 2.10. The molecular weight excluding hydrogens is 338 g/mol. The molecule has 0 amide bonds. The van der Waals surface area contributed by atoms with Crippen molar-refractivity contribution in [2.75, 3.05) is 12.4 Å². The van der Waals surface area contributed by atoms with Crippen LogP contribution in [-0.2, 0) is 6.42 Å². The average molecular weight is 359 g/mol. The molecule has 0 aliphatic heterocycles. The Morgan fingerprint density at radius 1 is 1.00 bits per heavy atom. The van der Waals surface area contributed by atoms with Gasteiger partial charge in [-0.05, 0) is 41.8 Å². The molecule has 1 aromatic carbocycles. The van der Waals surface area contributed by atoms with Gasteiger partial charge in [0, 0.05) is 30.2 Å². The predicted molar refractivity (Wildman–Crippen MR) is 105 cm³/mol. The number of aryl methyl sites for hydroxylation is 1. The summed E-state index contributed by atoms with van der Waals surface area (Å²) >= 11 is 0. The normalized spacial score (nSPS) is 12.1. The van der Waals surface area contributed by atoms with Crippen molar-refractivity contribution >= 4 is 11.5 Å². The van der Waals surface area contributed by atoms with Crippen LogP contribution in [-0.4, -0.2) is 26.7 Å². The number of rotatable bonds is 6. The van der Waals surface area contributed by atoms with Crippen LogP contribution in [0.1, 0.15) is 29.8 Å². The largest absolute Gasteiger partial charge is 0.497 e.